The lowest BCUT2D eigenvalue weighted by Gasteiger charge is -2.17. The molecule has 0 bridgehead atoms. The Labute approximate surface area is 204 Å². The number of carbonyl (C=O) groups is 1. The molecular weight excluding hydrogens is 446 g/mol. The van der Waals surface area contributed by atoms with Gasteiger partial charge in [0, 0.05) is 36.0 Å². The number of pyridine rings is 1. The topological polar surface area (TPSA) is 90.9 Å². The maximum absolute atomic E-state index is 11.3. The number of nitrogens with one attached hydrogen (secondary N) is 2. The van der Waals surface area contributed by atoms with E-state index in [-0.39, 0.29) is 0 Å². The van der Waals surface area contributed by atoms with E-state index in [9.17, 15) is 4.79 Å². The molecule has 0 aliphatic rings. The van der Waals surface area contributed by atoms with Gasteiger partial charge in [-0.2, -0.15) is 0 Å². The second-order valence-corrected chi connectivity index (χ2v) is 8.01. The number of methoxy groups -OCH3 is 3. The maximum atomic E-state index is 11.3. The van der Waals surface area contributed by atoms with Crippen LogP contribution in [0.3, 0.4) is 0 Å². The molecule has 4 rings (SSSR count). The summed E-state index contributed by atoms with van der Waals surface area (Å²) in [6.45, 7) is 2.31. The standard InChI is InChI=1S/C27H29N3O5/c1-16-12-21-19(13-23(16)32-3)26(20-14-24(33-4)25(34-5)15-22(20)30-21)29-18-8-6-17(7-9-18)10-11-35-27(31)28-2/h6-9,12-15H,10-11H2,1-5H3,(H,28,31)(H,29,30). The number of aromatic nitrogens is 1. The third-order valence-electron chi connectivity index (χ3n) is 5.85. The summed E-state index contributed by atoms with van der Waals surface area (Å²) >= 11 is 0. The van der Waals surface area contributed by atoms with Gasteiger partial charge >= 0.3 is 6.09 Å². The van der Waals surface area contributed by atoms with Crippen LogP contribution in [0.4, 0.5) is 16.2 Å². The minimum absolute atomic E-state index is 0.312. The first-order valence-electron chi connectivity index (χ1n) is 11.2. The number of fused-ring (bicyclic) bond motifs is 2. The predicted molar refractivity (Wildman–Crippen MR) is 137 cm³/mol. The summed E-state index contributed by atoms with van der Waals surface area (Å²) in [5.41, 5.74) is 5.48. The molecule has 1 amide bonds. The van der Waals surface area contributed by atoms with Gasteiger partial charge in [0.05, 0.1) is 44.7 Å². The Kier molecular flexibility index (Phi) is 7.10. The van der Waals surface area contributed by atoms with E-state index in [1.165, 1.54) is 7.05 Å². The zero-order valence-electron chi connectivity index (χ0n) is 20.5. The molecule has 0 saturated heterocycles. The maximum Gasteiger partial charge on any atom is 0.406 e. The zero-order chi connectivity index (χ0) is 24.9. The zero-order valence-corrected chi connectivity index (χ0v) is 20.5. The average Bonchev–Trinajstić information content (AvgIpc) is 2.88. The molecule has 1 heterocycles. The van der Waals surface area contributed by atoms with E-state index >= 15 is 0 Å². The van der Waals surface area contributed by atoms with Gasteiger partial charge in [0.25, 0.3) is 0 Å². The number of aryl methyl sites for hydroxylation is 1. The van der Waals surface area contributed by atoms with Crippen LogP contribution in [0.2, 0.25) is 0 Å². The van der Waals surface area contributed by atoms with Gasteiger partial charge in [-0.1, -0.05) is 12.1 Å². The van der Waals surface area contributed by atoms with E-state index in [4.69, 9.17) is 23.9 Å². The van der Waals surface area contributed by atoms with Crippen LogP contribution in [0.1, 0.15) is 11.1 Å². The summed E-state index contributed by atoms with van der Waals surface area (Å²) in [5.74, 6) is 2.02. The van der Waals surface area contributed by atoms with Crippen LogP contribution in [0.5, 0.6) is 17.2 Å². The van der Waals surface area contributed by atoms with Crippen molar-refractivity contribution in [1.29, 1.82) is 0 Å². The van der Waals surface area contributed by atoms with Crippen molar-refractivity contribution in [2.45, 2.75) is 13.3 Å². The molecule has 0 atom stereocenters. The second-order valence-electron chi connectivity index (χ2n) is 8.01. The van der Waals surface area contributed by atoms with Gasteiger partial charge in [-0.3, -0.25) is 0 Å². The second kappa shape index (κ2) is 10.4. The first kappa shape index (κ1) is 23.9. The highest BCUT2D eigenvalue weighted by Gasteiger charge is 2.16. The number of benzene rings is 3. The molecule has 0 spiro atoms. The summed E-state index contributed by atoms with van der Waals surface area (Å²) in [6, 6.07) is 15.9. The molecule has 182 valence electrons. The fraction of sp³-hybridized carbons (Fsp3) is 0.259. The van der Waals surface area contributed by atoms with Gasteiger partial charge in [-0.05, 0) is 48.4 Å². The fourth-order valence-electron chi connectivity index (χ4n) is 3.99. The number of rotatable bonds is 8. The Morgan fingerprint density at radius 2 is 1.46 bits per heavy atom. The van der Waals surface area contributed by atoms with Crippen molar-refractivity contribution in [3.05, 3.63) is 59.7 Å². The van der Waals surface area contributed by atoms with Gasteiger partial charge < -0.3 is 29.6 Å². The molecule has 0 aliphatic heterocycles. The molecule has 0 unspecified atom stereocenters. The third-order valence-corrected chi connectivity index (χ3v) is 5.85. The third kappa shape index (κ3) is 5.01. The van der Waals surface area contributed by atoms with E-state index in [1.54, 1.807) is 21.3 Å². The van der Waals surface area contributed by atoms with Crippen molar-refractivity contribution in [2.24, 2.45) is 0 Å². The van der Waals surface area contributed by atoms with Crippen LogP contribution in [-0.2, 0) is 11.2 Å². The fourth-order valence-corrected chi connectivity index (χ4v) is 3.99. The number of ether oxygens (including phenoxy) is 4. The first-order valence-corrected chi connectivity index (χ1v) is 11.2. The highest BCUT2D eigenvalue weighted by Crippen LogP contribution is 2.40. The summed E-state index contributed by atoms with van der Waals surface area (Å²) in [4.78, 5) is 16.1. The Morgan fingerprint density at radius 1 is 0.857 bits per heavy atom. The Morgan fingerprint density at radius 3 is 2.09 bits per heavy atom. The lowest BCUT2D eigenvalue weighted by atomic mass is 10.0. The SMILES string of the molecule is CNC(=O)OCCc1ccc(Nc2c3cc(OC)c(C)cc3nc3cc(OC)c(OC)cc23)cc1. The van der Waals surface area contributed by atoms with Gasteiger partial charge in [-0.15, -0.1) is 0 Å². The minimum atomic E-state index is -0.433. The minimum Gasteiger partial charge on any atom is -0.496 e. The molecule has 2 N–H and O–H groups in total. The molecule has 0 fully saturated rings. The summed E-state index contributed by atoms with van der Waals surface area (Å²) < 4.78 is 21.7. The predicted octanol–water partition coefficient (Wildman–Crippen LogP) is 5.36. The van der Waals surface area contributed by atoms with Crippen molar-refractivity contribution < 1.29 is 23.7 Å². The van der Waals surface area contributed by atoms with Crippen LogP contribution in [-0.4, -0.2) is 46.1 Å². The van der Waals surface area contributed by atoms with E-state index in [0.717, 1.165) is 50.1 Å². The van der Waals surface area contributed by atoms with E-state index < -0.39 is 6.09 Å². The number of anilines is 2. The molecule has 0 radical (unpaired) electrons. The van der Waals surface area contributed by atoms with Crippen molar-refractivity contribution >= 4 is 39.3 Å². The summed E-state index contributed by atoms with van der Waals surface area (Å²) in [7, 11) is 6.43. The number of amides is 1. The van der Waals surface area contributed by atoms with E-state index in [1.807, 2.05) is 55.5 Å². The van der Waals surface area contributed by atoms with Crippen LogP contribution in [0.25, 0.3) is 21.8 Å². The van der Waals surface area contributed by atoms with Crippen molar-refractivity contribution in [2.75, 3.05) is 40.3 Å². The number of alkyl carbamates (subject to hydrolysis) is 1. The molecule has 1 aromatic heterocycles. The van der Waals surface area contributed by atoms with Gasteiger partial charge in [-0.25, -0.2) is 9.78 Å². The van der Waals surface area contributed by atoms with Crippen LogP contribution >= 0.6 is 0 Å². The molecule has 3 aromatic carbocycles. The average molecular weight is 476 g/mol. The molecule has 8 heteroatoms. The largest absolute Gasteiger partial charge is 0.496 e. The highest BCUT2D eigenvalue weighted by molar-refractivity contribution is 6.10. The molecule has 0 aliphatic carbocycles. The van der Waals surface area contributed by atoms with E-state index in [2.05, 4.69) is 10.6 Å². The van der Waals surface area contributed by atoms with Crippen LogP contribution in [0.15, 0.2) is 48.5 Å². The Balaban J connectivity index is 1.77. The number of nitrogens with zero attached hydrogens (tertiary/aromatic N) is 1. The lowest BCUT2D eigenvalue weighted by molar-refractivity contribution is 0.150. The normalized spacial score (nSPS) is 10.8. The van der Waals surface area contributed by atoms with E-state index in [0.29, 0.717) is 24.5 Å². The Hall–Kier alpha value is -4.20. The lowest BCUT2D eigenvalue weighted by Crippen LogP contribution is -2.20. The molecular formula is C27H29N3O5. The number of hydrogen-bond acceptors (Lipinski definition) is 7. The molecule has 8 nitrogen and oxygen atoms in total. The number of hydrogen-bond donors (Lipinski definition) is 2. The Bertz CT molecular complexity index is 1370. The molecule has 0 saturated carbocycles. The highest BCUT2D eigenvalue weighted by atomic mass is 16.5. The van der Waals surface area contributed by atoms with Gasteiger partial charge in [0.1, 0.15) is 5.75 Å². The van der Waals surface area contributed by atoms with Crippen molar-refractivity contribution in [1.82, 2.24) is 10.3 Å². The summed E-state index contributed by atoms with van der Waals surface area (Å²) in [5, 5.41) is 7.83. The first-order chi connectivity index (χ1) is 17.0. The summed E-state index contributed by atoms with van der Waals surface area (Å²) in [6.07, 6.45) is 0.194. The van der Waals surface area contributed by atoms with Gasteiger partial charge in [0.15, 0.2) is 11.5 Å². The number of carbonyl (C=O) groups excluding carboxylic acids is 1. The van der Waals surface area contributed by atoms with Gasteiger partial charge in [0.2, 0.25) is 0 Å². The van der Waals surface area contributed by atoms with Crippen molar-refractivity contribution in [3.8, 4) is 17.2 Å². The molecule has 35 heavy (non-hydrogen) atoms. The monoisotopic (exact) mass is 475 g/mol. The quantitative estimate of drug-likeness (QED) is 0.331. The van der Waals surface area contributed by atoms with Crippen LogP contribution < -0.4 is 24.8 Å². The smallest absolute Gasteiger partial charge is 0.406 e. The molecule has 4 aromatic rings. The van der Waals surface area contributed by atoms with Crippen molar-refractivity contribution in [3.63, 3.8) is 0 Å². The van der Waals surface area contributed by atoms with Crippen LogP contribution in [0, 0.1) is 6.92 Å².